The minimum absolute atomic E-state index is 0.0909. The minimum Gasteiger partial charge on any atom is -0.391 e. The number of hydrogen-bond acceptors (Lipinski definition) is 2. The quantitative estimate of drug-likeness (QED) is 0.856. The van der Waals surface area contributed by atoms with Crippen molar-refractivity contribution in [3.8, 4) is 0 Å². The normalized spacial score (nSPS) is 20.4. The Bertz CT molecular complexity index is 451. The van der Waals surface area contributed by atoms with Crippen molar-refractivity contribution >= 4 is 0 Å². The summed E-state index contributed by atoms with van der Waals surface area (Å²) < 4.78 is 0. The SMILES string of the molecule is CCC(CC)(C(O)CC1CCCc2ccccc21)N(C)C. The molecule has 1 aliphatic carbocycles. The maximum absolute atomic E-state index is 11.0. The number of aliphatic hydroxyl groups is 1. The minimum atomic E-state index is -0.265. The van der Waals surface area contributed by atoms with Gasteiger partial charge in [0.25, 0.3) is 0 Å². The van der Waals surface area contributed by atoms with Gasteiger partial charge in [-0.1, -0.05) is 38.1 Å². The highest BCUT2D eigenvalue weighted by atomic mass is 16.3. The molecule has 2 atom stereocenters. The second kappa shape index (κ2) is 6.93. The van der Waals surface area contributed by atoms with Crippen LogP contribution in [0.15, 0.2) is 24.3 Å². The van der Waals surface area contributed by atoms with Crippen molar-refractivity contribution in [2.75, 3.05) is 14.1 Å². The van der Waals surface area contributed by atoms with Gasteiger partial charge in [0.15, 0.2) is 0 Å². The highest BCUT2D eigenvalue weighted by Gasteiger charge is 2.38. The van der Waals surface area contributed by atoms with Crippen molar-refractivity contribution in [2.45, 2.75) is 69.9 Å². The lowest BCUT2D eigenvalue weighted by molar-refractivity contribution is -0.0220. The lowest BCUT2D eigenvalue weighted by Gasteiger charge is -2.44. The monoisotopic (exact) mass is 289 g/mol. The molecule has 2 rings (SSSR count). The highest BCUT2D eigenvalue weighted by molar-refractivity contribution is 5.32. The first-order valence-corrected chi connectivity index (χ1v) is 8.48. The Morgan fingerprint density at radius 3 is 2.52 bits per heavy atom. The first kappa shape index (κ1) is 16.5. The van der Waals surface area contributed by atoms with Crippen LogP contribution in [-0.2, 0) is 6.42 Å². The Morgan fingerprint density at radius 1 is 1.24 bits per heavy atom. The van der Waals surface area contributed by atoms with Gasteiger partial charge in [-0.3, -0.25) is 0 Å². The molecule has 0 amide bonds. The van der Waals surface area contributed by atoms with Gasteiger partial charge in [-0.2, -0.15) is 0 Å². The van der Waals surface area contributed by atoms with Gasteiger partial charge in [0.05, 0.1) is 6.10 Å². The second-order valence-electron chi connectivity index (χ2n) is 6.74. The van der Waals surface area contributed by atoms with Crippen LogP contribution >= 0.6 is 0 Å². The van der Waals surface area contributed by atoms with Crippen molar-refractivity contribution in [1.82, 2.24) is 4.90 Å². The molecule has 0 bridgehead atoms. The number of aliphatic hydroxyl groups excluding tert-OH is 1. The number of benzene rings is 1. The molecule has 21 heavy (non-hydrogen) atoms. The number of fused-ring (bicyclic) bond motifs is 1. The molecule has 0 heterocycles. The summed E-state index contributed by atoms with van der Waals surface area (Å²) in [7, 11) is 4.20. The summed E-state index contributed by atoms with van der Waals surface area (Å²) in [6, 6.07) is 8.80. The zero-order chi connectivity index (χ0) is 15.5. The maximum atomic E-state index is 11.0. The zero-order valence-corrected chi connectivity index (χ0v) is 14.1. The number of likely N-dealkylation sites (N-methyl/N-ethyl adjacent to an activating group) is 1. The third kappa shape index (κ3) is 3.17. The Balaban J connectivity index is 2.18. The standard InChI is InChI=1S/C19H31NO/c1-5-19(6-2,20(3)4)18(21)14-16-12-9-11-15-10-7-8-13-17(15)16/h7-8,10,13,16,18,21H,5-6,9,11-12,14H2,1-4H3. The Kier molecular flexibility index (Phi) is 5.45. The van der Waals surface area contributed by atoms with E-state index in [1.807, 2.05) is 0 Å². The smallest absolute Gasteiger partial charge is 0.0729 e. The van der Waals surface area contributed by atoms with Gasteiger partial charge in [0.2, 0.25) is 0 Å². The topological polar surface area (TPSA) is 23.5 Å². The van der Waals surface area contributed by atoms with E-state index >= 15 is 0 Å². The van der Waals surface area contributed by atoms with E-state index in [-0.39, 0.29) is 11.6 Å². The lowest BCUT2D eigenvalue weighted by Crippen LogP contribution is -2.53. The van der Waals surface area contributed by atoms with E-state index in [1.54, 1.807) is 0 Å². The molecule has 0 saturated heterocycles. The predicted molar refractivity (Wildman–Crippen MR) is 89.7 cm³/mol. The van der Waals surface area contributed by atoms with E-state index in [4.69, 9.17) is 0 Å². The molecule has 0 fully saturated rings. The van der Waals surface area contributed by atoms with E-state index in [0.717, 1.165) is 19.3 Å². The van der Waals surface area contributed by atoms with Crippen molar-refractivity contribution in [3.05, 3.63) is 35.4 Å². The average molecular weight is 289 g/mol. The van der Waals surface area contributed by atoms with Gasteiger partial charge in [0.1, 0.15) is 0 Å². The summed E-state index contributed by atoms with van der Waals surface area (Å²) in [4.78, 5) is 2.23. The van der Waals surface area contributed by atoms with Crippen LogP contribution in [0, 0.1) is 0 Å². The summed E-state index contributed by atoms with van der Waals surface area (Å²) in [5, 5.41) is 11.0. The fourth-order valence-electron chi connectivity index (χ4n) is 4.24. The van der Waals surface area contributed by atoms with Crippen LogP contribution in [0.5, 0.6) is 0 Å². The van der Waals surface area contributed by atoms with Gasteiger partial charge in [-0.05, 0) is 69.7 Å². The van der Waals surface area contributed by atoms with Crippen molar-refractivity contribution in [2.24, 2.45) is 0 Å². The van der Waals surface area contributed by atoms with E-state index < -0.39 is 0 Å². The first-order valence-electron chi connectivity index (χ1n) is 8.48. The molecule has 0 spiro atoms. The molecule has 0 radical (unpaired) electrons. The molecule has 0 aliphatic heterocycles. The molecule has 2 unspecified atom stereocenters. The summed E-state index contributed by atoms with van der Waals surface area (Å²) in [5.74, 6) is 0.516. The van der Waals surface area contributed by atoms with Crippen molar-refractivity contribution < 1.29 is 5.11 Å². The van der Waals surface area contributed by atoms with Crippen molar-refractivity contribution in [1.29, 1.82) is 0 Å². The van der Waals surface area contributed by atoms with E-state index in [2.05, 4.69) is 57.1 Å². The highest BCUT2D eigenvalue weighted by Crippen LogP contribution is 2.38. The molecule has 118 valence electrons. The van der Waals surface area contributed by atoms with Gasteiger partial charge in [0, 0.05) is 5.54 Å². The summed E-state index contributed by atoms with van der Waals surface area (Å²) in [5.41, 5.74) is 2.87. The molecule has 1 aliphatic rings. The number of nitrogens with zero attached hydrogens (tertiary/aromatic N) is 1. The van der Waals surface area contributed by atoms with Crippen LogP contribution < -0.4 is 0 Å². The fraction of sp³-hybridized carbons (Fsp3) is 0.684. The number of aryl methyl sites for hydroxylation is 1. The van der Waals surface area contributed by atoms with Gasteiger partial charge >= 0.3 is 0 Å². The average Bonchev–Trinajstić information content (AvgIpc) is 2.49. The second-order valence-corrected chi connectivity index (χ2v) is 6.74. The van der Waals surface area contributed by atoms with Crippen molar-refractivity contribution in [3.63, 3.8) is 0 Å². The van der Waals surface area contributed by atoms with E-state index in [9.17, 15) is 5.11 Å². The third-order valence-electron chi connectivity index (χ3n) is 5.74. The van der Waals surface area contributed by atoms with Crippen LogP contribution in [0.25, 0.3) is 0 Å². The fourth-order valence-corrected chi connectivity index (χ4v) is 4.24. The largest absolute Gasteiger partial charge is 0.391 e. The molecule has 2 nitrogen and oxygen atoms in total. The zero-order valence-electron chi connectivity index (χ0n) is 14.1. The Hall–Kier alpha value is -0.860. The predicted octanol–water partition coefficient (Wildman–Crippen LogP) is 3.98. The maximum Gasteiger partial charge on any atom is 0.0729 e. The molecule has 1 N–H and O–H groups in total. The number of hydrogen-bond donors (Lipinski definition) is 1. The van der Waals surface area contributed by atoms with Crippen LogP contribution in [-0.4, -0.2) is 35.7 Å². The Labute approximate surface area is 130 Å². The lowest BCUT2D eigenvalue weighted by atomic mass is 9.75. The van der Waals surface area contributed by atoms with Crippen LogP contribution in [0.1, 0.15) is 63.0 Å². The molecule has 0 saturated carbocycles. The van der Waals surface area contributed by atoms with Crippen LogP contribution in [0.4, 0.5) is 0 Å². The van der Waals surface area contributed by atoms with E-state index in [1.165, 1.54) is 30.4 Å². The van der Waals surface area contributed by atoms with Crippen LogP contribution in [0.3, 0.4) is 0 Å². The molecular formula is C19H31NO. The molecule has 0 aromatic heterocycles. The Morgan fingerprint density at radius 2 is 1.90 bits per heavy atom. The van der Waals surface area contributed by atoms with Gasteiger partial charge in [-0.15, -0.1) is 0 Å². The molecule has 2 heteroatoms. The van der Waals surface area contributed by atoms with Gasteiger partial charge in [-0.25, -0.2) is 0 Å². The summed E-state index contributed by atoms with van der Waals surface area (Å²) in [6.07, 6.45) is 6.27. The molecule has 1 aromatic carbocycles. The third-order valence-corrected chi connectivity index (χ3v) is 5.74. The summed E-state index contributed by atoms with van der Waals surface area (Å²) >= 11 is 0. The first-order chi connectivity index (χ1) is 10.0. The number of rotatable bonds is 6. The van der Waals surface area contributed by atoms with Gasteiger partial charge < -0.3 is 10.0 Å². The molecule has 1 aromatic rings. The van der Waals surface area contributed by atoms with Crippen LogP contribution in [0.2, 0.25) is 0 Å². The van der Waals surface area contributed by atoms with E-state index in [0.29, 0.717) is 5.92 Å². The molecular weight excluding hydrogens is 258 g/mol. The summed E-state index contributed by atoms with van der Waals surface area (Å²) in [6.45, 7) is 4.39.